The van der Waals surface area contributed by atoms with E-state index >= 15 is 0 Å². The minimum absolute atomic E-state index is 0.103. The molecule has 26 heavy (non-hydrogen) atoms. The number of nitrogen functional groups attached to an aromatic ring is 1. The molecule has 0 fully saturated rings. The van der Waals surface area contributed by atoms with E-state index in [9.17, 15) is 10.5 Å². The summed E-state index contributed by atoms with van der Waals surface area (Å²) < 4.78 is 0. The molecule has 1 aromatic heterocycles. The van der Waals surface area contributed by atoms with E-state index in [1.807, 2.05) is 43.3 Å². The van der Waals surface area contributed by atoms with Crippen LogP contribution in [0.15, 0.2) is 58.5 Å². The summed E-state index contributed by atoms with van der Waals surface area (Å²) in [5.41, 5.74) is 8.90. The van der Waals surface area contributed by atoms with Crippen molar-refractivity contribution < 1.29 is 0 Å². The van der Waals surface area contributed by atoms with Crippen molar-refractivity contribution in [2.75, 3.05) is 5.73 Å². The summed E-state index contributed by atoms with van der Waals surface area (Å²) >= 11 is 7.33. The molecule has 1 heterocycles. The molecule has 0 spiro atoms. The Hall–Kier alpha value is -2.99. The van der Waals surface area contributed by atoms with Gasteiger partial charge in [-0.2, -0.15) is 10.5 Å². The van der Waals surface area contributed by atoms with Crippen LogP contribution in [0.3, 0.4) is 0 Å². The highest BCUT2D eigenvalue weighted by molar-refractivity contribution is 7.99. The number of halogens is 1. The van der Waals surface area contributed by atoms with Crippen LogP contribution in [0.5, 0.6) is 0 Å². The topological polar surface area (TPSA) is 86.5 Å². The van der Waals surface area contributed by atoms with Crippen LogP contribution in [0.4, 0.5) is 5.82 Å². The molecular weight excluding hydrogens is 364 g/mol. The summed E-state index contributed by atoms with van der Waals surface area (Å²) in [6.07, 6.45) is 0. The van der Waals surface area contributed by atoms with E-state index < -0.39 is 0 Å². The van der Waals surface area contributed by atoms with Crippen LogP contribution in [-0.2, 0) is 0 Å². The van der Waals surface area contributed by atoms with Gasteiger partial charge in [0.05, 0.1) is 5.56 Å². The van der Waals surface area contributed by atoms with Crippen LogP contribution in [0.25, 0.3) is 11.1 Å². The molecule has 0 radical (unpaired) electrons. The molecule has 0 atom stereocenters. The zero-order chi connectivity index (χ0) is 18.7. The molecule has 0 aliphatic carbocycles. The maximum atomic E-state index is 9.78. The van der Waals surface area contributed by atoms with Crippen molar-refractivity contribution in [1.29, 1.82) is 10.5 Å². The molecule has 126 valence electrons. The first-order chi connectivity index (χ1) is 12.5. The van der Waals surface area contributed by atoms with Gasteiger partial charge in [-0.05, 0) is 30.7 Å². The maximum Gasteiger partial charge on any atom is 0.143 e. The molecule has 0 saturated carbocycles. The second kappa shape index (κ2) is 7.49. The average molecular weight is 377 g/mol. The number of nitrogens with two attached hydrogens (primary N) is 1. The van der Waals surface area contributed by atoms with Crippen molar-refractivity contribution in [1.82, 2.24) is 4.98 Å². The van der Waals surface area contributed by atoms with Crippen LogP contribution in [0.1, 0.15) is 16.7 Å². The lowest BCUT2D eigenvalue weighted by atomic mass is 9.96. The van der Waals surface area contributed by atoms with Crippen LogP contribution >= 0.6 is 23.4 Å². The van der Waals surface area contributed by atoms with Gasteiger partial charge >= 0.3 is 0 Å². The van der Waals surface area contributed by atoms with Gasteiger partial charge in [0.2, 0.25) is 0 Å². The molecule has 0 aliphatic heterocycles. The molecule has 6 heteroatoms. The lowest BCUT2D eigenvalue weighted by molar-refractivity contribution is 1.11. The fraction of sp³-hybridized carbons (Fsp3) is 0.0500. The van der Waals surface area contributed by atoms with Crippen LogP contribution < -0.4 is 5.73 Å². The molecule has 2 N–H and O–H groups in total. The maximum absolute atomic E-state index is 9.78. The Morgan fingerprint density at radius 1 is 1.04 bits per heavy atom. The first-order valence-corrected chi connectivity index (χ1v) is 8.87. The predicted molar refractivity (Wildman–Crippen MR) is 104 cm³/mol. The average Bonchev–Trinajstić information content (AvgIpc) is 2.62. The Morgan fingerprint density at radius 3 is 2.35 bits per heavy atom. The molecule has 0 bridgehead atoms. The predicted octanol–water partition coefficient (Wildman–Crippen LogP) is 5.19. The van der Waals surface area contributed by atoms with Crippen molar-refractivity contribution in [2.24, 2.45) is 0 Å². The second-order valence-electron chi connectivity index (χ2n) is 5.58. The Morgan fingerprint density at radius 2 is 1.73 bits per heavy atom. The third-order valence-corrected chi connectivity index (χ3v) is 4.98. The van der Waals surface area contributed by atoms with Crippen LogP contribution in [0.2, 0.25) is 5.02 Å². The standard InChI is InChI=1S/C20H13ClN4S/c1-12-5-7-13(8-6-12)18-16(10-22)19(24)25-20(17(18)11-23)26-15-4-2-3-14(21)9-15/h2-9H,1H3,(H2,24,25). The summed E-state index contributed by atoms with van der Waals surface area (Å²) in [5, 5.41) is 20.4. The molecule has 2 aromatic carbocycles. The SMILES string of the molecule is Cc1ccc(-c2c(C#N)c(N)nc(Sc3cccc(Cl)c3)c2C#N)cc1. The number of anilines is 1. The molecule has 0 aliphatic rings. The number of benzene rings is 2. The highest BCUT2D eigenvalue weighted by Gasteiger charge is 2.20. The summed E-state index contributed by atoms with van der Waals surface area (Å²) in [5.74, 6) is 0.103. The summed E-state index contributed by atoms with van der Waals surface area (Å²) in [6, 6.07) is 19.1. The van der Waals surface area contributed by atoms with Crippen LogP contribution in [0, 0.1) is 29.6 Å². The summed E-state index contributed by atoms with van der Waals surface area (Å²) in [4.78, 5) is 5.13. The first-order valence-electron chi connectivity index (χ1n) is 7.67. The molecule has 0 amide bonds. The minimum Gasteiger partial charge on any atom is -0.383 e. The number of aryl methyl sites for hydroxylation is 1. The molecular formula is C20H13ClN4S. The largest absolute Gasteiger partial charge is 0.383 e. The zero-order valence-electron chi connectivity index (χ0n) is 13.8. The van der Waals surface area contributed by atoms with Gasteiger partial charge in [-0.1, -0.05) is 59.3 Å². The van der Waals surface area contributed by atoms with Gasteiger partial charge < -0.3 is 5.73 Å². The smallest absolute Gasteiger partial charge is 0.143 e. The highest BCUT2D eigenvalue weighted by Crippen LogP contribution is 2.38. The number of pyridine rings is 1. The Balaban J connectivity index is 2.23. The van der Waals surface area contributed by atoms with Gasteiger partial charge in [-0.3, -0.25) is 0 Å². The monoisotopic (exact) mass is 376 g/mol. The highest BCUT2D eigenvalue weighted by atomic mass is 35.5. The van der Waals surface area contributed by atoms with Gasteiger partial charge in [0.1, 0.15) is 28.5 Å². The number of hydrogen-bond acceptors (Lipinski definition) is 5. The number of nitriles is 2. The Labute approximate surface area is 160 Å². The Kier molecular flexibility index (Phi) is 5.14. The summed E-state index contributed by atoms with van der Waals surface area (Å²) in [6.45, 7) is 1.97. The minimum atomic E-state index is 0.103. The van der Waals surface area contributed by atoms with E-state index in [-0.39, 0.29) is 11.4 Å². The van der Waals surface area contributed by atoms with Crippen molar-refractivity contribution in [3.63, 3.8) is 0 Å². The number of nitrogens with zero attached hydrogens (tertiary/aromatic N) is 3. The fourth-order valence-corrected chi connectivity index (χ4v) is 3.73. The summed E-state index contributed by atoms with van der Waals surface area (Å²) in [7, 11) is 0. The Bertz CT molecular complexity index is 1060. The van der Waals surface area contributed by atoms with Gasteiger partial charge in [0.15, 0.2) is 0 Å². The van der Waals surface area contributed by atoms with Gasteiger partial charge in [0.25, 0.3) is 0 Å². The van der Waals surface area contributed by atoms with Gasteiger partial charge in [0, 0.05) is 15.5 Å². The molecule has 0 saturated heterocycles. The fourth-order valence-electron chi connectivity index (χ4n) is 2.52. The van der Waals surface area contributed by atoms with E-state index in [0.29, 0.717) is 21.2 Å². The normalized spacial score (nSPS) is 10.2. The van der Waals surface area contributed by atoms with Crippen molar-refractivity contribution >= 4 is 29.2 Å². The van der Waals surface area contributed by atoms with Crippen molar-refractivity contribution in [2.45, 2.75) is 16.8 Å². The number of rotatable bonds is 3. The van der Waals surface area contributed by atoms with E-state index in [4.69, 9.17) is 17.3 Å². The van der Waals surface area contributed by atoms with E-state index in [1.165, 1.54) is 11.8 Å². The quantitative estimate of drug-likeness (QED) is 0.679. The number of hydrogen-bond donors (Lipinski definition) is 1. The zero-order valence-corrected chi connectivity index (χ0v) is 15.4. The second-order valence-corrected chi connectivity index (χ2v) is 7.07. The van der Waals surface area contributed by atoms with Crippen LogP contribution in [-0.4, -0.2) is 4.98 Å². The number of aromatic nitrogens is 1. The molecule has 4 nitrogen and oxygen atoms in total. The molecule has 3 aromatic rings. The molecule has 3 rings (SSSR count). The third-order valence-electron chi connectivity index (χ3n) is 3.77. The van der Waals surface area contributed by atoms with E-state index in [1.54, 1.807) is 12.1 Å². The lowest BCUT2D eigenvalue weighted by Gasteiger charge is -2.13. The van der Waals surface area contributed by atoms with Crippen molar-refractivity contribution in [3.05, 3.63) is 70.2 Å². The van der Waals surface area contributed by atoms with E-state index in [2.05, 4.69) is 17.1 Å². The first kappa shape index (κ1) is 17.8. The lowest BCUT2D eigenvalue weighted by Crippen LogP contribution is -2.03. The molecule has 0 unspecified atom stereocenters. The van der Waals surface area contributed by atoms with E-state index in [0.717, 1.165) is 16.0 Å². The van der Waals surface area contributed by atoms with Gasteiger partial charge in [-0.25, -0.2) is 4.98 Å². The third kappa shape index (κ3) is 3.50. The van der Waals surface area contributed by atoms with Crippen molar-refractivity contribution in [3.8, 4) is 23.3 Å². The van der Waals surface area contributed by atoms with Gasteiger partial charge in [-0.15, -0.1) is 0 Å².